The highest BCUT2D eigenvalue weighted by Gasteiger charge is 2.42. The minimum Gasteiger partial charge on any atom is -0.294 e. The van der Waals surface area contributed by atoms with E-state index in [-0.39, 0.29) is 29.3 Å². The summed E-state index contributed by atoms with van der Waals surface area (Å²) >= 11 is 0. The fourth-order valence-electron chi connectivity index (χ4n) is 4.73. The Balaban J connectivity index is 1.77. The highest BCUT2D eigenvalue weighted by atomic mass is 16.6. The van der Waals surface area contributed by atoms with Gasteiger partial charge in [-0.25, -0.2) is 0 Å². The van der Waals surface area contributed by atoms with Gasteiger partial charge in [0, 0.05) is 28.9 Å². The zero-order valence-electron chi connectivity index (χ0n) is 19.8. The zero-order valence-corrected chi connectivity index (χ0v) is 19.8. The molecule has 5 nitrogen and oxygen atoms in total. The van der Waals surface area contributed by atoms with E-state index in [4.69, 9.17) is 0 Å². The average Bonchev–Trinajstić information content (AvgIpc) is 2.93. The zero-order chi connectivity index (χ0) is 25.3. The predicted molar refractivity (Wildman–Crippen MR) is 140 cm³/mol. The summed E-state index contributed by atoms with van der Waals surface area (Å²) in [5.74, 6) is -1.78. The lowest BCUT2D eigenvalue weighted by Crippen LogP contribution is -2.36. The molecule has 4 aromatic carbocycles. The third-order valence-electron chi connectivity index (χ3n) is 6.53. The predicted octanol–water partition coefficient (Wildman–Crippen LogP) is 6.75. The number of nitrogens with zero attached hydrogens (tertiary/aromatic N) is 1. The largest absolute Gasteiger partial charge is 0.294 e. The minimum absolute atomic E-state index is 0.0392. The van der Waals surface area contributed by atoms with Crippen LogP contribution in [0.15, 0.2) is 121 Å². The molecule has 5 heteroatoms. The van der Waals surface area contributed by atoms with Crippen molar-refractivity contribution in [2.75, 3.05) is 0 Å². The van der Waals surface area contributed by atoms with Crippen LogP contribution in [-0.2, 0) is 0 Å². The normalized spacial score (nSPS) is 13.3. The molecule has 0 N–H and O–H groups in total. The molecule has 1 unspecified atom stereocenters. The van der Waals surface area contributed by atoms with E-state index in [1.165, 1.54) is 0 Å². The lowest BCUT2D eigenvalue weighted by Gasteiger charge is -2.28. The van der Waals surface area contributed by atoms with Gasteiger partial charge in [-0.3, -0.25) is 19.7 Å². The van der Waals surface area contributed by atoms with Crippen LogP contribution in [0.4, 0.5) is 0 Å². The van der Waals surface area contributed by atoms with Crippen LogP contribution >= 0.6 is 0 Å². The van der Waals surface area contributed by atoms with Crippen molar-refractivity contribution in [1.29, 1.82) is 0 Å². The molecule has 180 valence electrons. The molecule has 0 heterocycles. The number of Topliss-reactive ketones (excluding diaryl/α,β-unsaturated/α-hetero) is 2. The smallest absolute Gasteiger partial charge is 0.227 e. The van der Waals surface area contributed by atoms with Crippen molar-refractivity contribution in [3.63, 3.8) is 0 Å². The maximum absolute atomic E-state index is 13.3. The summed E-state index contributed by atoms with van der Waals surface area (Å²) in [5.41, 5.74) is 2.43. The van der Waals surface area contributed by atoms with E-state index < -0.39 is 17.9 Å². The van der Waals surface area contributed by atoms with E-state index in [1.807, 2.05) is 72.8 Å². The third kappa shape index (κ3) is 5.99. The first-order valence-electron chi connectivity index (χ1n) is 11.9. The topological polar surface area (TPSA) is 77.3 Å². The second kappa shape index (κ2) is 11.8. The lowest BCUT2D eigenvalue weighted by atomic mass is 9.75. The van der Waals surface area contributed by atoms with E-state index in [0.29, 0.717) is 22.3 Å². The molecule has 0 aromatic heterocycles. The van der Waals surface area contributed by atoms with E-state index in [9.17, 15) is 19.7 Å². The highest BCUT2D eigenvalue weighted by Crippen LogP contribution is 2.38. The maximum atomic E-state index is 13.3. The van der Waals surface area contributed by atoms with Crippen molar-refractivity contribution in [2.24, 2.45) is 0 Å². The molecular formula is C31H27NO4. The van der Waals surface area contributed by atoms with Crippen molar-refractivity contribution in [2.45, 2.75) is 30.7 Å². The van der Waals surface area contributed by atoms with Crippen molar-refractivity contribution < 1.29 is 14.5 Å². The first kappa shape index (κ1) is 24.7. The van der Waals surface area contributed by atoms with Gasteiger partial charge in [0.1, 0.15) is 0 Å². The summed E-state index contributed by atoms with van der Waals surface area (Å²) in [6.45, 7) is 0. The number of benzene rings is 4. The van der Waals surface area contributed by atoms with Crippen LogP contribution in [0.25, 0.3) is 0 Å². The Hall–Kier alpha value is -4.38. The summed E-state index contributed by atoms with van der Waals surface area (Å²) < 4.78 is 0. The van der Waals surface area contributed by atoms with Gasteiger partial charge in [0.15, 0.2) is 11.6 Å². The quantitative estimate of drug-likeness (QED) is 0.136. The molecule has 4 aromatic rings. The van der Waals surface area contributed by atoms with Crippen LogP contribution < -0.4 is 0 Å². The van der Waals surface area contributed by atoms with Crippen LogP contribution in [-0.4, -0.2) is 22.5 Å². The number of carbonyl (C=O) groups excluding carboxylic acids is 2. The Labute approximate surface area is 210 Å². The van der Waals surface area contributed by atoms with E-state index in [2.05, 4.69) is 0 Å². The van der Waals surface area contributed by atoms with Crippen LogP contribution in [0.5, 0.6) is 0 Å². The molecule has 0 radical (unpaired) electrons. The first-order chi connectivity index (χ1) is 17.5. The number of nitro groups is 1. The molecule has 0 aliphatic heterocycles. The van der Waals surface area contributed by atoms with E-state index in [0.717, 1.165) is 0 Å². The summed E-state index contributed by atoms with van der Waals surface area (Å²) in [5, 5.41) is 12.7. The molecule has 4 rings (SSSR count). The molecule has 0 fully saturated rings. The first-order valence-corrected chi connectivity index (χ1v) is 11.9. The van der Waals surface area contributed by atoms with Crippen LogP contribution in [0, 0.1) is 10.1 Å². The number of rotatable bonds is 11. The van der Waals surface area contributed by atoms with Gasteiger partial charge in [-0.15, -0.1) is 0 Å². The Bertz CT molecular complexity index is 1190. The van der Waals surface area contributed by atoms with Gasteiger partial charge in [0.25, 0.3) is 0 Å². The molecule has 0 saturated carbocycles. The van der Waals surface area contributed by atoms with Crippen molar-refractivity contribution in [1.82, 2.24) is 0 Å². The molecule has 0 spiro atoms. The molecule has 0 amide bonds. The molecule has 0 bridgehead atoms. The lowest BCUT2D eigenvalue weighted by molar-refractivity contribution is -0.531. The Morgan fingerprint density at radius 1 is 0.556 bits per heavy atom. The summed E-state index contributed by atoms with van der Waals surface area (Å²) in [6.07, 6.45) is -0.0783. The monoisotopic (exact) mass is 477 g/mol. The van der Waals surface area contributed by atoms with Crippen molar-refractivity contribution in [3.8, 4) is 0 Å². The third-order valence-corrected chi connectivity index (χ3v) is 6.53. The van der Waals surface area contributed by atoms with Gasteiger partial charge < -0.3 is 0 Å². The van der Waals surface area contributed by atoms with Gasteiger partial charge in [0.2, 0.25) is 6.04 Å². The van der Waals surface area contributed by atoms with Gasteiger partial charge in [0.05, 0.1) is 11.8 Å². The minimum atomic E-state index is -1.19. The fourth-order valence-corrected chi connectivity index (χ4v) is 4.73. The SMILES string of the molecule is O=C(C[C@H](c1ccccc1)C([C@@H](CC(=O)c1ccccc1)c1ccccc1)[N+](=O)[O-])c1ccccc1. The molecule has 0 saturated heterocycles. The summed E-state index contributed by atoms with van der Waals surface area (Å²) in [4.78, 5) is 39.0. The van der Waals surface area contributed by atoms with Crippen LogP contribution in [0.1, 0.15) is 56.5 Å². The number of ketones is 2. The van der Waals surface area contributed by atoms with Gasteiger partial charge >= 0.3 is 0 Å². The van der Waals surface area contributed by atoms with Crippen molar-refractivity contribution in [3.05, 3.63) is 154 Å². The molecule has 0 aliphatic carbocycles. The van der Waals surface area contributed by atoms with E-state index in [1.54, 1.807) is 48.5 Å². The van der Waals surface area contributed by atoms with Gasteiger partial charge in [-0.05, 0) is 11.1 Å². The van der Waals surface area contributed by atoms with Crippen LogP contribution in [0.2, 0.25) is 0 Å². The summed E-state index contributed by atoms with van der Waals surface area (Å²) in [7, 11) is 0. The molecule has 0 aliphatic rings. The number of hydrogen-bond donors (Lipinski definition) is 0. The number of carbonyl (C=O) groups is 2. The Morgan fingerprint density at radius 3 is 1.17 bits per heavy atom. The fraction of sp³-hybridized carbons (Fsp3) is 0.161. The highest BCUT2D eigenvalue weighted by molar-refractivity contribution is 5.97. The van der Waals surface area contributed by atoms with Crippen molar-refractivity contribution >= 4 is 11.6 Å². The Kier molecular flexibility index (Phi) is 8.14. The molecule has 3 atom stereocenters. The Morgan fingerprint density at radius 2 is 0.861 bits per heavy atom. The van der Waals surface area contributed by atoms with E-state index >= 15 is 0 Å². The average molecular weight is 478 g/mol. The molecular weight excluding hydrogens is 450 g/mol. The standard InChI is InChI=1S/C31H27NO4/c33-29(25-17-9-3-10-18-25)21-27(23-13-5-1-6-14-23)31(32(35)36)28(24-15-7-2-8-16-24)22-30(34)26-19-11-4-12-20-26/h1-20,27-28,31H,21-22H2/t27-,28+,31?. The second-order valence-electron chi connectivity index (χ2n) is 8.80. The van der Waals surface area contributed by atoms with Crippen LogP contribution in [0.3, 0.4) is 0 Å². The molecule has 36 heavy (non-hydrogen) atoms. The van der Waals surface area contributed by atoms with Gasteiger partial charge in [-0.2, -0.15) is 0 Å². The van der Waals surface area contributed by atoms with Gasteiger partial charge in [-0.1, -0.05) is 121 Å². The summed E-state index contributed by atoms with van der Waals surface area (Å²) in [6, 6.07) is 34.7. The number of hydrogen-bond acceptors (Lipinski definition) is 4. The second-order valence-corrected chi connectivity index (χ2v) is 8.80. The maximum Gasteiger partial charge on any atom is 0.227 e.